The van der Waals surface area contributed by atoms with E-state index in [4.69, 9.17) is 5.73 Å². The summed E-state index contributed by atoms with van der Waals surface area (Å²) in [5, 5.41) is 10.4. The van der Waals surface area contributed by atoms with Crippen LogP contribution in [0, 0.1) is 12.7 Å². The van der Waals surface area contributed by atoms with E-state index in [1.165, 1.54) is 18.2 Å². The smallest absolute Gasteiger partial charge is 0.289 e. The second-order valence-corrected chi connectivity index (χ2v) is 5.54. The Balaban J connectivity index is 2.23. The molecular weight excluding hydrogens is 311 g/mol. The third kappa shape index (κ3) is 2.52. The fourth-order valence-electron chi connectivity index (χ4n) is 2.88. The second kappa shape index (κ2) is 5.81. The van der Waals surface area contributed by atoms with E-state index < -0.39 is 11.7 Å². The Hall–Kier alpha value is -3.15. The van der Waals surface area contributed by atoms with Gasteiger partial charge in [0, 0.05) is 12.2 Å². The van der Waals surface area contributed by atoms with Gasteiger partial charge in [0.2, 0.25) is 0 Å². The standard InChI is InChI=1S/C18H15FN2O3/c1-10-15(17(23)18(20)24)16-13(3-2-4-14(16)22)21(10)9-11-5-7-12(19)8-6-11/h2-8,22H,9H2,1H3,(H2,20,24). The van der Waals surface area contributed by atoms with Crippen molar-refractivity contribution in [1.82, 2.24) is 4.57 Å². The largest absolute Gasteiger partial charge is 0.507 e. The maximum absolute atomic E-state index is 13.1. The van der Waals surface area contributed by atoms with Crippen molar-refractivity contribution in [2.75, 3.05) is 0 Å². The number of rotatable bonds is 4. The van der Waals surface area contributed by atoms with E-state index in [-0.39, 0.29) is 17.1 Å². The highest BCUT2D eigenvalue weighted by molar-refractivity contribution is 6.45. The first-order chi connectivity index (χ1) is 11.4. The van der Waals surface area contributed by atoms with Gasteiger partial charge in [0.25, 0.3) is 11.7 Å². The average molecular weight is 326 g/mol. The maximum Gasteiger partial charge on any atom is 0.289 e. The van der Waals surface area contributed by atoms with Gasteiger partial charge in [-0.1, -0.05) is 18.2 Å². The number of phenols is 1. The minimum absolute atomic E-state index is 0.0951. The number of nitrogens with zero attached hydrogens (tertiary/aromatic N) is 1. The predicted octanol–water partition coefficient (Wildman–Crippen LogP) is 2.51. The van der Waals surface area contributed by atoms with E-state index in [1.807, 2.05) is 0 Å². The van der Waals surface area contributed by atoms with E-state index in [9.17, 15) is 19.1 Å². The lowest BCUT2D eigenvalue weighted by atomic mass is 10.1. The lowest BCUT2D eigenvalue weighted by Crippen LogP contribution is -2.23. The van der Waals surface area contributed by atoms with Gasteiger partial charge in [-0.15, -0.1) is 0 Å². The van der Waals surface area contributed by atoms with Crippen molar-refractivity contribution in [3.63, 3.8) is 0 Å². The van der Waals surface area contributed by atoms with Crippen LogP contribution in [0.3, 0.4) is 0 Å². The van der Waals surface area contributed by atoms with E-state index in [1.54, 1.807) is 35.8 Å². The van der Waals surface area contributed by atoms with Crippen LogP contribution < -0.4 is 5.73 Å². The van der Waals surface area contributed by atoms with Crippen molar-refractivity contribution in [2.24, 2.45) is 5.73 Å². The highest BCUT2D eigenvalue weighted by Gasteiger charge is 2.25. The van der Waals surface area contributed by atoms with Crippen LogP contribution in [0.1, 0.15) is 21.6 Å². The van der Waals surface area contributed by atoms with Crippen LogP contribution in [0.2, 0.25) is 0 Å². The van der Waals surface area contributed by atoms with E-state index in [0.717, 1.165) is 5.56 Å². The number of Topliss-reactive ketones (excluding diaryl/α,β-unsaturated/α-hetero) is 1. The van der Waals surface area contributed by atoms with Crippen molar-refractivity contribution in [1.29, 1.82) is 0 Å². The Kier molecular flexibility index (Phi) is 3.81. The van der Waals surface area contributed by atoms with Gasteiger partial charge in [0.05, 0.1) is 16.5 Å². The molecule has 6 heteroatoms. The number of hydrogen-bond acceptors (Lipinski definition) is 3. The predicted molar refractivity (Wildman–Crippen MR) is 87.4 cm³/mol. The van der Waals surface area contributed by atoms with Crippen molar-refractivity contribution in [2.45, 2.75) is 13.5 Å². The molecule has 3 N–H and O–H groups in total. The first kappa shape index (κ1) is 15.7. The summed E-state index contributed by atoms with van der Waals surface area (Å²) >= 11 is 0. The third-order valence-electron chi connectivity index (χ3n) is 4.03. The van der Waals surface area contributed by atoms with Crippen LogP contribution in [0.15, 0.2) is 42.5 Å². The Bertz CT molecular complexity index is 959. The summed E-state index contributed by atoms with van der Waals surface area (Å²) < 4.78 is 14.9. The Morgan fingerprint density at radius 3 is 2.46 bits per heavy atom. The maximum atomic E-state index is 13.1. The van der Waals surface area contributed by atoms with E-state index in [2.05, 4.69) is 0 Å². The first-order valence-corrected chi connectivity index (χ1v) is 7.29. The third-order valence-corrected chi connectivity index (χ3v) is 4.03. The molecule has 3 rings (SSSR count). The van der Waals surface area contributed by atoms with Gasteiger partial charge in [0.15, 0.2) is 0 Å². The normalized spacial score (nSPS) is 10.9. The number of amides is 1. The van der Waals surface area contributed by atoms with Gasteiger partial charge in [-0.25, -0.2) is 4.39 Å². The number of nitrogens with two attached hydrogens (primary N) is 1. The molecule has 1 aromatic heterocycles. The minimum Gasteiger partial charge on any atom is -0.507 e. The summed E-state index contributed by atoms with van der Waals surface area (Å²) in [5.74, 6) is -2.37. The number of fused-ring (bicyclic) bond motifs is 1. The molecule has 3 aromatic rings. The zero-order valence-corrected chi connectivity index (χ0v) is 12.9. The first-order valence-electron chi connectivity index (χ1n) is 7.29. The molecule has 1 heterocycles. The number of hydrogen-bond donors (Lipinski definition) is 2. The van der Waals surface area contributed by atoms with Gasteiger partial charge in [-0.05, 0) is 36.8 Å². The summed E-state index contributed by atoms with van der Waals surface area (Å²) in [6, 6.07) is 10.8. The molecule has 0 atom stereocenters. The molecule has 24 heavy (non-hydrogen) atoms. The van der Waals surface area contributed by atoms with Crippen LogP contribution in [-0.4, -0.2) is 21.4 Å². The van der Waals surface area contributed by atoms with Crippen molar-refractivity contribution < 1.29 is 19.1 Å². The van der Waals surface area contributed by atoms with Gasteiger partial charge in [-0.2, -0.15) is 0 Å². The average Bonchev–Trinajstić information content (AvgIpc) is 2.82. The van der Waals surface area contributed by atoms with E-state index in [0.29, 0.717) is 23.1 Å². The molecule has 2 aromatic carbocycles. The molecule has 122 valence electrons. The Morgan fingerprint density at radius 2 is 1.83 bits per heavy atom. The summed E-state index contributed by atoms with van der Waals surface area (Å²) in [4.78, 5) is 23.5. The molecule has 0 unspecified atom stereocenters. The summed E-state index contributed by atoms with van der Waals surface area (Å²) in [7, 11) is 0. The highest BCUT2D eigenvalue weighted by atomic mass is 19.1. The molecule has 0 bridgehead atoms. The lowest BCUT2D eigenvalue weighted by molar-refractivity contribution is -0.114. The van der Waals surface area contributed by atoms with E-state index >= 15 is 0 Å². The van der Waals surface area contributed by atoms with Crippen LogP contribution in [0.25, 0.3) is 10.9 Å². The fraction of sp³-hybridized carbons (Fsp3) is 0.111. The van der Waals surface area contributed by atoms with Crippen LogP contribution in [0.5, 0.6) is 5.75 Å². The number of halogens is 1. The molecule has 0 aliphatic carbocycles. The molecule has 0 saturated heterocycles. The highest BCUT2D eigenvalue weighted by Crippen LogP contribution is 2.33. The number of phenolic OH excluding ortho intramolecular Hbond substituents is 1. The number of carbonyl (C=O) groups excluding carboxylic acids is 2. The molecule has 0 saturated carbocycles. The lowest BCUT2D eigenvalue weighted by Gasteiger charge is -2.09. The summed E-state index contributed by atoms with van der Waals surface area (Å²) in [5.41, 5.74) is 7.16. The SMILES string of the molecule is Cc1c(C(=O)C(N)=O)c2c(O)cccc2n1Cc1ccc(F)cc1. The van der Waals surface area contributed by atoms with Gasteiger partial charge >= 0.3 is 0 Å². The zero-order valence-electron chi connectivity index (χ0n) is 12.9. The van der Waals surface area contributed by atoms with Crippen LogP contribution >= 0.6 is 0 Å². The van der Waals surface area contributed by atoms with Crippen molar-refractivity contribution in [3.8, 4) is 5.75 Å². The van der Waals surface area contributed by atoms with Crippen molar-refractivity contribution in [3.05, 3.63) is 65.1 Å². The second-order valence-electron chi connectivity index (χ2n) is 5.54. The number of benzene rings is 2. The zero-order chi connectivity index (χ0) is 17.4. The monoisotopic (exact) mass is 326 g/mol. The molecule has 0 aliphatic heterocycles. The minimum atomic E-state index is -1.08. The number of aromatic hydroxyl groups is 1. The van der Waals surface area contributed by atoms with Gasteiger partial charge < -0.3 is 15.4 Å². The quantitative estimate of drug-likeness (QED) is 0.570. The molecule has 0 fully saturated rings. The van der Waals surface area contributed by atoms with Gasteiger partial charge in [-0.3, -0.25) is 9.59 Å². The Morgan fingerprint density at radius 1 is 1.17 bits per heavy atom. The molecule has 1 amide bonds. The van der Waals surface area contributed by atoms with Crippen molar-refractivity contribution >= 4 is 22.6 Å². The number of ketones is 1. The summed E-state index contributed by atoms with van der Waals surface area (Å²) in [6.07, 6.45) is 0. The number of primary amides is 1. The molecule has 0 spiro atoms. The molecule has 5 nitrogen and oxygen atoms in total. The fourth-order valence-corrected chi connectivity index (χ4v) is 2.88. The topological polar surface area (TPSA) is 85.3 Å². The number of carbonyl (C=O) groups is 2. The Labute approximate surface area is 137 Å². The molecule has 0 radical (unpaired) electrons. The van der Waals surface area contributed by atoms with Crippen LogP contribution in [0.4, 0.5) is 4.39 Å². The molecular formula is C18H15FN2O3. The molecule has 0 aliphatic rings. The van der Waals surface area contributed by atoms with Gasteiger partial charge in [0.1, 0.15) is 11.6 Å². The number of aromatic nitrogens is 1. The van der Waals surface area contributed by atoms with Crippen LogP contribution in [-0.2, 0) is 11.3 Å². The summed E-state index contributed by atoms with van der Waals surface area (Å²) in [6.45, 7) is 2.04.